The van der Waals surface area contributed by atoms with E-state index in [1.165, 1.54) is 5.56 Å². The van der Waals surface area contributed by atoms with Crippen LogP contribution in [-0.4, -0.2) is 95.5 Å². The van der Waals surface area contributed by atoms with E-state index in [-0.39, 0.29) is 12.0 Å². The Morgan fingerprint density at radius 2 is 1.58 bits per heavy atom. The maximum Gasteiger partial charge on any atom is 0.490 e. The average molecular weight is 782 g/mol. The van der Waals surface area contributed by atoms with Gasteiger partial charge in [0, 0.05) is 67.4 Å². The van der Waals surface area contributed by atoms with Crippen LogP contribution >= 0.6 is 0 Å². The van der Waals surface area contributed by atoms with Crippen LogP contribution in [0, 0.1) is 19.8 Å². The van der Waals surface area contributed by atoms with E-state index in [1.807, 2.05) is 24.5 Å². The van der Waals surface area contributed by atoms with E-state index in [0.29, 0.717) is 31.9 Å². The fraction of sp³-hybridized carbons (Fsp3) is 0.310. The number of aromatic nitrogens is 4. The second-order valence-corrected chi connectivity index (χ2v) is 14.6. The second-order valence-electron chi connectivity index (χ2n) is 14.6. The average Bonchev–Trinajstić information content (AvgIpc) is 3.92. The van der Waals surface area contributed by atoms with Crippen LogP contribution in [0.25, 0.3) is 44.3 Å². The molecule has 4 aromatic heterocycles. The van der Waals surface area contributed by atoms with Crippen LogP contribution in [0.2, 0.25) is 0 Å². The van der Waals surface area contributed by atoms with Gasteiger partial charge in [0.25, 0.3) is 0 Å². The molecule has 6 aromatic rings. The van der Waals surface area contributed by atoms with Crippen molar-refractivity contribution in [2.75, 3.05) is 31.5 Å². The molecule has 0 aliphatic carbocycles. The first-order valence-corrected chi connectivity index (χ1v) is 18.6. The summed E-state index contributed by atoms with van der Waals surface area (Å²) in [6, 6.07) is 23.1. The van der Waals surface area contributed by atoms with Crippen LogP contribution in [0.15, 0.2) is 79.1 Å². The number of anilines is 2. The molecule has 296 valence electrons. The third-order valence-corrected chi connectivity index (χ3v) is 10.6. The molecule has 0 bridgehead atoms. The number of aliphatic carboxylic acids is 2. The van der Waals surface area contributed by atoms with Gasteiger partial charge in [0.1, 0.15) is 5.52 Å². The normalized spacial score (nSPS) is 17.5. The Morgan fingerprint density at radius 1 is 0.877 bits per heavy atom. The number of β-amino-alcohol motifs (C(OH)–C–C–N with tert-alkyl or cyclic N) is 1. The summed E-state index contributed by atoms with van der Waals surface area (Å²) < 4.78 is 31.7. The number of aliphatic hydroxyl groups excluding tert-OH is 1. The molecule has 57 heavy (non-hydrogen) atoms. The summed E-state index contributed by atoms with van der Waals surface area (Å²) in [5.74, 6) is -3.05. The van der Waals surface area contributed by atoms with Crippen molar-refractivity contribution in [2.45, 2.75) is 52.1 Å². The summed E-state index contributed by atoms with van der Waals surface area (Å²) in [6.45, 7) is 8.67. The van der Waals surface area contributed by atoms with Gasteiger partial charge in [0.15, 0.2) is 5.82 Å². The van der Waals surface area contributed by atoms with Crippen LogP contribution in [-0.2, 0) is 22.7 Å². The van der Waals surface area contributed by atoms with Crippen molar-refractivity contribution in [2.24, 2.45) is 5.92 Å². The van der Waals surface area contributed by atoms with Crippen molar-refractivity contribution in [3.05, 3.63) is 102 Å². The molecule has 0 amide bonds. The number of halogens is 3. The molecule has 0 spiro atoms. The number of aromatic amines is 1. The van der Waals surface area contributed by atoms with Gasteiger partial charge in [-0.25, -0.2) is 14.8 Å². The van der Waals surface area contributed by atoms with Crippen molar-refractivity contribution in [3.63, 3.8) is 0 Å². The number of pyridine rings is 3. The third-order valence-electron chi connectivity index (χ3n) is 10.6. The Balaban J connectivity index is 0.000000651. The highest BCUT2D eigenvalue weighted by molar-refractivity contribution is 5.91. The fourth-order valence-electron chi connectivity index (χ4n) is 7.60. The van der Waals surface area contributed by atoms with E-state index in [0.717, 1.165) is 92.9 Å². The Hall–Kier alpha value is -5.90. The highest BCUT2D eigenvalue weighted by atomic mass is 19.4. The van der Waals surface area contributed by atoms with Crippen molar-refractivity contribution >= 4 is 45.4 Å². The molecule has 0 saturated carbocycles. The number of fused-ring (bicyclic) bond motifs is 2. The fourth-order valence-corrected chi connectivity index (χ4v) is 7.60. The zero-order valence-electron chi connectivity index (χ0n) is 31.3. The lowest BCUT2D eigenvalue weighted by Crippen LogP contribution is -2.23. The summed E-state index contributed by atoms with van der Waals surface area (Å²) in [7, 11) is 0. The molecule has 2 aliphatic heterocycles. The molecule has 2 atom stereocenters. The maximum absolute atomic E-state index is 11.4. The van der Waals surface area contributed by atoms with Gasteiger partial charge >= 0.3 is 18.1 Å². The number of aliphatic hydroxyl groups is 1. The first-order chi connectivity index (χ1) is 27.2. The number of nitrogens with zero attached hydrogens (tertiary/aromatic N) is 5. The van der Waals surface area contributed by atoms with Gasteiger partial charge in [0.2, 0.25) is 0 Å². The number of carbonyl (C=O) groups is 2. The van der Waals surface area contributed by atoms with E-state index < -0.39 is 18.1 Å². The lowest BCUT2D eigenvalue weighted by Gasteiger charge is -2.17. The number of rotatable bonds is 9. The molecule has 2 aromatic carbocycles. The SMILES string of the molecule is Cc1c(Nc2nccc3cc(CN4CC[C@@H](O)C4)cnc23)cccc1-c1cccc(-c2cc3nc(CN4CCC(C(=O)O)C4)ccc3[nH]2)c1C.O=C(O)C(F)(F)F. The molecule has 2 saturated heterocycles. The monoisotopic (exact) mass is 781 g/mol. The van der Waals surface area contributed by atoms with Gasteiger partial charge in [-0.05, 0) is 97.4 Å². The molecule has 1 unspecified atom stereocenters. The van der Waals surface area contributed by atoms with Crippen LogP contribution < -0.4 is 5.32 Å². The van der Waals surface area contributed by atoms with Crippen LogP contribution in [0.4, 0.5) is 24.7 Å². The number of alkyl halides is 3. The first kappa shape index (κ1) is 39.3. The van der Waals surface area contributed by atoms with Gasteiger partial charge in [-0.2, -0.15) is 13.2 Å². The van der Waals surface area contributed by atoms with E-state index in [4.69, 9.17) is 19.9 Å². The van der Waals surface area contributed by atoms with Gasteiger partial charge < -0.3 is 25.6 Å². The minimum absolute atomic E-state index is 0.239. The molecule has 6 heterocycles. The van der Waals surface area contributed by atoms with Gasteiger partial charge in [-0.3, -0.25) is 19.6 Å². The van der Waals surface area contributed by atoms with Gasteiger partial charge in [0.05, 0.1) is 28.7 Å². The van der Waals surface area contributed by atoms with Crippen LogP contribution in [0.1, 0.15) is 35.2 Å². The predicted molar refractivity (Wildman–Crippen MR) is 210 cm³/mol. The number of benzene rings is 2. The smallest absolute Gasteiger partial charge is 0.481 e. The highest BCUT2D eigenvalue weighted by Crippen LogP contribution is 2.37. The van der Waals surface area contributed by atoms with Crippen molar-refractivity contribution in [1.82, 2.24) is 29.7 Å². The number of carboxylic acids is 2. The number of hydrogen-bond acceptors (Lipinski definition) is 9. The van der Waals surface area contributed by atoms with Crippen molar-refractivity contribution in [1.29, 1.82) is 0 Å². The number of nitrogens with one attached hydrogen (secondary N) is 2. The Morgan fingerprint density at radius 3 is 2.28 bits per heavy atom. The van der Waals surface area contributed by atoms with Crippen LogP contribution in [0.5, 0.6) is 0 Å². The Bertz CT molecular complexity index is 2450. The quantitative estimate of drug-likeness (QED) is 0.0998. The lowest BCUT2D eigenvalue weighted by molar-refractivity contribution is -0.192. The van der Waals surface area contributed by atoms with Crippen molar-refractivity contribution in [3.8, 4) is 22.4 Å². The summed E-state index contributed by atoms with van der Waals surface area (Å²) in [5.41, 5.74) is 12.4. The summed E-state index contributed by atoms with van der Waals surface area (Å²) >= 11 is 0. The number of hydrogen-bond donors (Lipinski definition) is 5. The van der Waals surface area contributed by atoms with Crippen molar-refractivity contribution < 1.29 is 38.1 Å². The molecule has 8 rings (SSSR count). The second kappa shape index (κ2) is 16.3. The summed E-state index contributed by atoms with van der Waals surface area (Å²) in [5, 5.41) is 31.0. The number of carboxylic acid groups (broad SMARTS) is 2. The highest BCUT2D eigenvalue weighted by Gasteiger charge is 2.38. The standard InChI is InChI=1S/C40H41N7O3.C2HF3O2/c1-24-31(5-3-7-33(24)36-18-37-35(44-36)10-9-29(43-37)22-47-15-12-28(21-47)40(49)50)32-6-4-8-34(25(32)2)45-39-38-27(11-14-41-39)17-26(19-42-38)20-46-16-13-30(48)23-46;3-2(4,5)1(6)7/h3-11,14,17-19,28,30,44,48H,12-13,15-16,20-23H2,1-2H3,(H,41,45)(H,49,50);(H,6,7)/t28?,30-;/m1./s1. The number of likely N-dealkylation sites (tertiary alicyclic amines) is 2. The maximum atomic E-state index is 11.4. The van der Waals surface area contributed by atoms with E-state index in [1.54, 1.807) is 0 Å². The summed E-state index contributed by atoms with van der Waals surface area (Å²) in [4.78, 5) is 42.7. The predicted octanol–water partition coefficient (Wildman–Crippen LogP) is 7.31. The zero-order valence-corrected chi connectivity index (χ0v) is 31.3. The molecular weight excluding hydrogens is 740 g/mol. The molecular formula is C42H42F3N7O5. The summed E-state index contributed by atoms with van der Waals surface area (Å²) in [6.07, 6.45) is -0.0758. The van der Waals surface area contributed by atoms with E-state index in [2.05, 4.69) is 93.5 Å². The van der Waals surface area contributed by atoms with E-state index in [9.17, 15) is 28.2 Å². The largest absolute Gasteiger partial charge is 0.490 e. The Labute approximate surface area is 326 Å². The minimum Gasteiger partial charge on any atom is -0.481 e. The lowest BCUT2D eigenvalue weighted by atomic mass is 9.92. The van der Waals surface area contributed by atoms with Crippen LogP contribution in [0.3, 0.4) is 0 Å². The molecule has 5 N–H and O–H groups in total. The molecule has 0 radical (unpaired) electrons. The van der Waals surface area contributed by atoms with E-state index >= 15 is 0 Å². The molecule has 12 nitrogen and oxygen atoms in total. The zero-order chi connectivity index (χ0) is 40.4. The Kier molecular flexibility index (Phi) is 11.2. The molecule has 15 heteroatoms. The molecule has 2 fully saturated rings. The number of H-pyrrole nitrogens is 1. The first-order valence-electron chi connectivity index (χ1n) is 18.6. The third kappa shape index (κ3) is 8.90. The van der Waals surface area contributed by atoms with Gasteiger partial charge in [-0.15, -0.1) is 0 Å². The van der Waals surface area contributed by atoms with Gasteiger partial charge in [-0.1, -0.05) is 30.3 Å². The molecule has 2 aliphatic rings. The minimum atomic E-state index is -5.08. The topological polar surface area (TPSA) is 168 Å².